The summed E-state index contributed by atoms with van der Waals surface area (Å²) in [5, 5.41) is 13.0. The molecule has 0 radical (unpaired) electrons. The number of methoxy groups -OCH3 is 1. The first-order valence-electron chi connectivity index (χ1n) is 7.91. The molecule has 1 atom stereocenters. The molecule has 0 bridgehead atoms. The SMILES string of the molecule is COC(=O)[C@@H](Cc1ccc([N+](=O)[O-])cc1)NC(=O)c1cccc(C(F)(F)F)c1. The van der Waals surface area contributed by atoms with E-state index in [0.717, 1.165) is 19.2 Å². The van der Waals surface area contributed by atoms with Crippen molar-refractivity contribution in [1.82, 2.24) is 5.32 Å². The van der Waals surface area contributed by atoms with Crippen molar-refractivity contribution in [1.29, 1.82) is 0 Å². The van der Waals surface area contributed by atoms with Crippen LogP contribution >= 0.6 is 0 Å². The molecule has 0 spiro atoms. The van der Waals surface area contributed by atoms with E-state index < -0.39 is 34.6 Å². The number of nitrogens with zero attached hydrogens (tertiary/aromatic N) is 1. The first kappa shape index (κ1) is 20.9. The van der Waals surface area contributed by atoms with Crippen LogP contribution in [0.5, 0.6) is 0 Å². The molecule has 0 unspecified atom stereocenters. The number of nitro groups is 1. The van der Waals surface area contributed by atoms with Crippen LogP contribution in [0.3, 0.4) is 0 Å². The Bertz CT molecular complexity index is 882. The molecule has 0 saturated carbocycles. The number of rotatable bonds is 6. The zero-order valence-corrected chi connectivity index (χ0v) is 14.5. The van der Waals surface area contributed by atoms with Gasteiger partial charge < -0.3 is 10.1 Å². The van der Waals surface area contributed by atoms with Crippen molar-refractivity contribution in [3.05, 3.63) is 75.3 Å². The number of carbonyl (C=O) groups excluding carboxylic acids is 2. The molecule has 0 fully saturated rings. The number of nitrogens with one attached hydrogen (secondary N) is 1. The highest BCUT2D eigenvalue weighted by molar-refractivity contribution is 5.97. The van der Waals surface area contributed by atoms with Gasteiger partial charge in [0.25, 0.3) is 11.6 Å². The smallest absolute Gasteiger partial charge is 0.416 e. The number of ether oxygens (including phenoxy) is 1. The van der Waals surface area contributed by atoms with Gasteiger partial charge in [0, 0.05) is 24.1 Å². The number of benzene rings is 2. The van der Waals surface area contributed by atoms with Crippen molar-refractivity contribution < 1.29 is 32.4 Å². The minimum Gasteiger partial charge on any atom is -0.467 e. The Morgan fingerprint density at radius 1 is 1.18 bits per heavy atom. The van der Waals surface area contributed by atoms with Crippen LogP contribution in [0.2, 0.25) is 0 Å². The van der Waals surface area contributed by atoms with Crippen molar-refractivity contribution in [2.45, 2.75) is 18.6 Å². The van der Waals surface area contributed by atoms with E-state index in [1.807, 2.05) is 0 Å². The third-order valence-electron chi connectivity index (χ3n) is 3.83. The Balaban J connectivity index is 2.19. The van der Waals surface area contributed by atoms with Crippen LogP contribution in [0, 0.1) is 10.1 Å². The molecule has 0 aliphatic carbocycles. The fraction of sp³-hybridized carbons (Fsp3) is 0.222. The molecule has 0 aromatic heterocycles. The topological polar surface area (TPSA) is 98.5 Å². The summed E-state index contributed by atoms with van der Waals surface area (Å²) in [5.41, 5.74) is -0.922. The van der Waals surface area contributed by atoms with E-state index in [2.05, 4.69) is 10.1 Å². The highest BCUT2D eigenvalue weighted by Gasteiger charge is 2.31. The molecule has 2 rings (SSSR count). The second kappa shape index (κ2) is 8.51. The zero-order chi connectivity index (χ0) is 20.9. The van der Waals surface area contributed by atoms with Gasteiger partial charge in [-0.05, 0) is 23.8 Å². The molecule has 1 N–H and O–H groups in total. The Morgan fingerprint density at radius 2 is 1.82 bits per heavy atom. The Morgan fingerprint density at radius 3 is 2.36 bits per heavy atom. The maximum Gasteiger partial charge on any atom is 0.416 e. The molecular formula is C18H15F3N2O5. The summed E-state index contributed by atoms with van der Waals surface area (Å²) in [6.07, 6.45) is -4.67. The summed E-state index contributed by atoms with van der Waals surface area (Å²) in [7, 11) is 1.10. The lowest BCUT2D eigenvalue weighted by atomic mass is 10.0. The number of carbonyl (C=O) groups is 2. The monoisotopic (exact) mass is 396 g/mol. The van der Waals surface area contributed by atoms with Crippen LogP contribution in [0.15, 0.2) is 48.5 Å². The Hall–Kier alpha value is -3.43. The molecule has 7 nitrogen and oxygen atoms in total. The third kappa shape index (κ3) is 5.29. The van der Waals surface area contributed by atoms with Gasteiger partial charge >= 0.3 is 12.1 Å². The molecular weight excluding hydrogens is 381 g/mol. The molecule has 10 heteroatoms. The molecule has 2 aromatic carbocycles. The largest absolute Gasteiger partial charge is 0.467 e. The first-order chi connectivity index (χ1) is 13.1. The van der Waals surface area contributed by atoms with Crippen molar-refractivity contribution in [2.24, 2.45) is 0 Å². The molecule has 148 valence electrons. The molecule has 0 aliphatic heterocycles. The molecule has 28 heavy (non-hydrogen) atoms. The molecule has 0 heterocycles. The van der Waals surface area contributed by atoms with Gasteiger partial charge in [-0.1, -0.05) is 18.2 Å². The van der Waals surface area contributed by atoms with Gasteiger partial charge in [-0.2, -0.15) is 13.2 Å². The van der Waals surface area contributed by atoms with Gasteiger partial charge in [0.05, 0.1) is 17.6 Å². The lowest BCUT2D eigenvalue weighted by Crippen LogP contribution is -2.43. The van der Waals surface area contributed by atoms with E-state index in [9.17, 15) is 32.9 Å². The number of non-ortho nitro benzene ring substituents is 1. The fourth-order valence-corrected chi connectivity index (χ4v) is 2.40. The van der Waals surface area contributed by atoms with E-state index in [1.54, 1.807) is 0 Å². The van der Waals surface area contributed by atoms with Crippen LogP contribution in [-0.4, -0.2) is 30.0 Å². The van der Waals surface area contributed by atoms with Crippen LogP contribution in [0.25, 0.3) is 0 Å². The van der Waals surface area contributed by atoms with Gasteiger partial charge in [-0.15, -0.1) is 0 Å². The van der Waals surface area contributed by atoms with Gasteiger partial charge in [0.15, 0.2) is 0 Å². The molecule has 2 aromatic rings. The van der Waals surface area contributed by atoms with E-state index in [0.29, 0.717) is 11.6 Å². The number of halogens is 3. The Kier molecular flexibility index (Phi) is 6.34. The summed E-state index contributed by atoms with van der Waals surface area (Å²) >= 11 is 0. The number of amides is 1. The third-order valence-corrected chi connectivity index (χ3v) is 3.83. The summed E-state index contributed by atoms with van der Waals surface area (Å²) in [6, 6.07) is 7.87. The molecule has 1 amide bonds. The summed E-state index contributed by atoms with van der Waals surface area (Å²) in [4.78, 5) is 34.4. The van der Waals surface area contributed by atoms with Gasteiger partial charge in [0.1, 0.15) is 6.04 Å². The lowest BCUT2D eigenvalue weighted by Gasteiger charge is -2.17. The molecule has 0 aliphatic rings. The van der Waals surface area contributed by atoms with Crippen molar-refractivity contribution in [3.8, 4) is 0 Å². The number of nitro benzene ring substituents is 1. The van der Waals surface area contributed by atoms with Crippen molar-refractivity contribution in [3.63, 3.8) is 0 Å². The second-order valence-electron chi connectivity index (χ2n) is 5.76. The minimum absolute atomic E-state index is 0.0601. The van der Waals surface area contributed by atoms with E-state index >= 15 is 0 Å². The van der Waals surface area contributed by atoms with Crippen molar-refractivity contribution >= 4 is 17.6 Å². The minimum atomic E-state index is -4.61. The fourth-order valence-electron chi connectivity index (χ4n) is 2.40. The maximum absolute atomic E-state index is 12.8. The average Bonchev–Trinajstić information content (AvgIpc) is 2.66. The van der Waals surface area contributed by atoms with E-state index in [1.165, 1.54) is 30.3 Å². The van der Waals surface area contributed by atoms with Crippen LogP contribution < -0.4 is 5.32 Å². The highest BCUT2D eigenvalue weighted by atomic mass is 19.4. The van der Waals surface area contributed by atoms with Gasteiger partial charge in [0.2, 0.25) is 0 Å². The van der Waals surface area contributed by atoms with Crippen LogP contribution in [0.1, 0.15) is 21.5 Å². The standard InChI is InChI=1S/C18H15F3N2O5/c1-28-17(25)15(9-11-5-7-14(8-6-11)23(26)27)22-16(24)12-3-2-4-13(10-12)18(19,20)21/h2-8,10,15H,9H2,1H3,(H,22,24)/t15-/m1/s1. The molecule has 0 saturated heterocycles. The predicted octanol–water partition coefficient (Wildman–Crippen LogP) is 3.13. The predicted molar refractivity (Wildman–Crippen MR) is 91.5 cm³/mol. The number of esters is 1. The second-order valence-corrected chi connectivity index (χ2v) is 5.76. The van der Waals surface area contributed by atoms with Gasteiger partial charge in [-0.3, -0.25) is 14.9 Å². The summed E-state index contributed by atoms with van der Waals surface area (Å²) < 4.78 is 43.0. The first-order valence-corrected chi connectivity index (χ1v) is 7.91. The Labute approximate surface area is 157 Å². The number of alkyl halides is 3. The number of hydrogen-bond acceptors (Lipinski definition) is 5. The van der Waals surface area contributed by atoms with Crippen LogP contribution in [-0.2, 0) is 22.1 Å². The normalized spacial score (nSPS) is 12.1. The van der Waals surface area contributed by atoms with Crippen LogP contribution in [0.4, 0.5) is 18.9 Å². The lowest BCUT2D eigenvalue weighted by molar-refractivity contribution is -0.384. The zero-order valence-electron chi connectivity index (χ0n) is 14.5. The quantitative estimate of drug-likeness (QED) is 0.460. The number of hydrogen-bond donors (Lipinski definition) is 1. The average molecular weight is 396 g/mol. The highest BCUT2D eigenvalue weighted by Crippen LogP contribution is 2.29. The summed E-state index contributed by atoms with van der Waals surface area (Å²) in [6.45, 7) is 0. The summed E-state index contributed by atoms with van der Waals surface area (Å²) in [5.74, 6) is -1.69. The maximum atomic E-state index is 12.8. The van der Waals surface area contributed by atoms with E-state index in [4.69, 9.17) is 0 Å². The van der Waals surface area contributed by atoms with Crippen molar-refractivity contribution in [2.75, 3.05) is 7.11 Å². The van der Waals surface area contributed by atoms with Gasteiger partial charge in [-0.25, -0.2) is 4.79 Å². The van der Waals surface area contributed by atoms with E-state index in [-0.39, 0.29) is 17.7 Å².